The van der Waals surface area contributed by atoms with Crippen molar-refractivity contribution in [3.63, 3.8) is 0 Å². The van der Waals surface area contributed by atoms with E-state index in [4.69, 9.17) is 9.26 Å². The largest absolute Gasteiger partial charge is 0.381 e. The summed E-state index contributed by atoms with van der Waals surface area (Å²) in [5.74, 6) is 2.27. The second kappa shape index (κ2) is 6.29. The van der Waals surface area contributed by atoms with Gasteiger partial charge in [-0.25, -0.2) is 0 Å². The number of nitrogens with zero attached hydrogens (tertiary/aromatic N) is 2. The predicted octanol–water partition coefficient (Wildman–Crippen LogP) is 1.58. The van der Waals surface area contributed by atoms with Crippen LogP contribution in [-0.4, -0.2) is 35.9 Å². The fraction of sp³-hybridized carbons (Fsp3) is 0.846. The van der Waals surface area contributed by atoms with Crippen LogP contribution in [0.15, 0.2) is 4.52 Å². The molecule has 0 bridgehead atoms. The van der Waals surface area contributed by atoms with Crippen molar-refractivity contribution in [2.75, 3.05) is 13.7 Å². The van der Waals surface area contributed by atoms with Gasteiger partial charge in [0, 0.05) is 26.0 Å². The first-order chi connectivity index (χ1) is 8.72. The second-order valence-electron chi connectivity index (χ2n) is 5.06. The number of nitrogens with one attached hydrogen (secondary N) is 1. The van der Waals surface area contributed by atoms with E-state index in [1.54, 1.807) is 7.11 Å². The third-order valence-electron chi connectivity index (χ3n) is 3.43. The molecule has 0 aromatic carbocycles. The van der Waals surface area contributed by atoms with Gasteiger partial charge in [-0.2, -0.15) is 4.98 Å². The Labute approximate surface area is 108 Å². The highest BCUT2D eigenvalue weighted by Crippen LogP contribution is 2.33. The second-order valence-corrected chi connectivity index (χ2v) is 5.06. The standard InChI is InChI=1S/C13H23N3O2/c1-4-14-11(10-5-6-10)8-13-15-12(16-18-13)7-9(2)17-3/h9-11,14H,4-8H2,1-3H3. The van der Waals surface area contributed by atoms with Crippen molar-refractivity contribution in [1.29, 1.82) is 0 Å². The van der Waals surface area contributed by atoms with Gasteiger partial charge < -0.3 is 14.6 Å². The molecule has 1 N–H and O–H groups in total. The van der Waals surface area contributed by atoms with E-state index in [1.807, 2.05) is 6.92 Å². The van der Waals surface area contributed by atoms with Crippen molar-refractivity contribution >= 4 is 0 Å². The highest BCUT2D eigenvalue weighted by atomic mass is 16.5. The maximum absolute atomic E-state index is 5.31. The summed E-state index contributed by atoms with van der Waals surface area (Å²) in [6, 6.07) is 0.489. The molecule has 1 saturated carbocycles. The topological polar surface area (TPSA) is 60.2 Å². The van der Waals surface area contributed by atoms with Crippen LogP contribution in [0, 0.1) is 5.92 Å². The number of aromatic nitrogens is 2. The number of methoxy groups -OCH3 is 1. The van der Waals surface area contributed by atoms with Crippen molar-refractivity contribution in [2.24, 2.45) is 5.92 Å². The quantitative estimate of drug-likeness (QED) is 0.762. The lowest BCUT2D eigenvalue weighted by atomic mass is 10.1. The summed E-state index contributed by atoms with van der Waals surface area (Å²) < 4.78 is 10.5. The van der Waals surface area contributed by atoms with Crippen LogP contribution in [0.3, 0.4) is 0 Å². The van der Waals surface area contributed by atoms with E-state index >= 15 is 0 Å². The van der Waals surface area contributed by atoms with Gasteiger partial charge in [-0.3, -0.25) is 0 Å². The molecule has 2 unspecified atom stereocenters. The Morgan fingerprint density at radius 3 is 2.83 bits per heavy atom. The van der Waals surface area contributed by atoms with Gasteiger partial charge in [0.2, 0.25) is 5.89 Å². The summed E-state index contributed by atoms with van der Waals surface area (Å²) in [7, 11) is 1.69. The summed E-state index contributed by atoms with van der Waals surface area (Å²) in [4.78, 5) is 4.43. The molecule has 5 nitrogen and oxygen atoms in total. The van der Waals surface area contributed by atoms with Crippen LogP contribution in [-0.2, 0) is 17.6 Å². The molecule has 5 heteroatoms. The fourth-order valence-electron chi connectivity index (χ4n) is 2.15. The van der Waals surface area contributed by atoms with Gasteiger partial charge in [0.25, 0.3) is 0 Å². The summed E-state index contributed by atoms with van der Waals surface area (Å²) in [5, 5.41) is 7.50. The van der Waals surface area contributed by atoms with Gasteiger partial charge in [-0.15, -0.1) is 0 Å². The summed E-state index contributed by atoms with van der Waals surface area (Å²) in [6.45, 7) is 5.12. The number of likely N-dealkylation sites (N-methyl/N-ethyl adjacent to an activating group) is 1. The van der Waals surface area contributed by atoms with E-state index in [2.05, 4.69) is 22.4 Å². The Balaban J connectivity index is 1.88. The minimum Gasteiger partial charge on any atom is -0.381 e. The van der Waals surface area contributed by atoms with Gasteiger partial charge in [-0.1, -0.05) is 12.1 Å². The highest BCUT2D eigenvalue weighted by molar-refractivity contribution is 4.95. The Kier molecular flexibility index (Phi) is 4.72. The van der Waals surface area contributed by atoms with Crippen LogP contribution < -0.4 is 5.32 Å². The molecule has 0 amide bonds. The Morgan fingerprint density at radius 2 is 2.22 bits per heavy atom. The lowest BCUT2D eigenvalue weighted by Crippen LogP contribution is -2.33. The van der Waals surface area contributed by atoms with Crippen LogP contribution in [0.4, 0.5) is 0 Å². The molecule has 2 rings (SSSR count). The molecule has 0 aliphatic heterocycles. The molecule has 1 fully saturated rings. The normalized spacial score (nSPS) is 18.8. The maximum Gasteiger partial charge on any atom is 0.228 e. The summed E-state index contributed by atoms with van der Waals surface area (Å²) in [6.07, 6.45) is 4.31. The molecular formula is C13H23N3O2. The molecule has 0 saturated heterocycles. The monoisotopic (exact) mass is 253 g/mol. The van der Waals surface area contributed by atoms with Gasteiger partial charge >= 0.3 is 0 Å². The van der Waals surface area contributed by atoms with Gasteiger partial charge in [-0.05, 0) is 32.2 Å². The third-order valence-corrected chi connectivity index (χ3v) is 3.43. The summed E-state index contributed by atoms with van der Waals surface area (Å²) in [5.41, 5.74) is 0. The molecule has 1 heterocycles. The molecule has 0 radical (unpaired) electrons. The predicted molar refractivity (Wildman–Crippen MR) is 68.4 cm³/mol. The van der Waals surface area contributed by atoms with Crippen molar-refractivity contribution < 1.29 is 9.26 Å². The number of ether oxygens (including phenoxy) is 1. The average molecular weight is 253 g/mol. The van der Waals surface area contributed by atoms with Gasteiger partial charge in [0.1, 0.15) is 0 Å². The third kappa shape index (κ3) is 3.78. The molecule has 0 spiro atoms. The maximum atomic E-state index is 5.31. The Morgan fingerprint density at radius 1 is 1.44 bits per heavy atom. The molecule has 102 valence electrons. The lowest BCUT2D eigenvalue weighted by Gasteiger charge is -2.14. The van der Waals surface area contributed by atoms with E-state index in [-0.39, 0.29) is 6.10 Å². The number of hydrogen-bond acceptors (Lipinski definition) is 5. The zero-order chi connectivity index (χ0) is 13.0. The van der Waals surface area contributed by atoms with Crippen molar-refractivity contribution in [2.45, 2.75) is 51.7 Å². The Bertz CT molecular complexity index is 363. The van der Waals surface area contributed by atoms with E-state index < -0.39 is 0 Å². The fourth-order valence-corrected chi connectivity index (χ4v) is 2.15. The van der Waals surface area contributed by atoms with Gasteiger partial charge in [0.05, 0.1) is 6.10 Å². The van der Waals surface area contributed by atoms with E-state index in [0.29, 0.717) is 12.5 Å². The van der Waals surface area contributed by atoms with Crippen molar-refractivity contribution in [1.82, 2.24) is 15.5 Å². The van der Waals surface area contributed by atoms with E-state index in [0.717, 1.165) is 30.6 Å². The lowest BCUT2D eigenvalue weighted by molar-refractivity contribution is 0.116. The first kappa shape index (κ1) is 13.5. The molecular weight excluding hydrogens is 230 g/mol. The minimum atomic E-state index is 0.128. The van der Waals surface area contributed by atoms with E-state index in [9.17, 15) is 0 Å². The molecule has 1 aliphatic rings. The van der Waals surface area contributed by atoms with Gasteiger partial charge in [0.15, 0.2) is 5.82 Å². The molecule has 2 atom stereocenters. The Hall–Kier alpha value is -0.940. The SMILES string of the molecule is CCNC(Cc1nc(CC(C)OC)no1)C1CC1. The van der Waals surface area contributed by atoms with Crippen LogP contribution in [0.1, 0.15) is 38.4 Å². The molecule has 18 heavy (non-hydrogen) atoms. The zero-order valence-electron chi connectivity index (χ0n) is 11.5. The molecule has 1 aromatic rings. The van der Waals surface area contributed by atoms with Crippen molar-refractivity contribution in [3.05, 3.63) is 11.7 Å². The summed E-state index contributed by atoms with van der Waals surface area (Å²) >= 11 is 0. The molecule has 1 aliphatic carbocycles. The number of rotatable bonds is 8. The highest BCUT2D eigenvalue weighted by Gasteiger charge is 2.31. The van der Waals surface area contributed by atoms with Crippen molar-refractivity contribution in [3.8, 4) is 0 Å². The van der Waals surface area contributed by atoms with Crippen LogP contribution >= 0.6 is 0 Å². The number of hydrogen-bond donors (Lipinski definition) is 1. The van der Waals surface area contributed by atoms with Crippen LogP contribution in [0.25, 0.3) is 0 Å². The first-order valence-electron chi connectivity index (χ1n) is 6.80. The minimum absolute atomic E-state index is 0.128. The zero-order valence-corrected chi connectivity index (χ0v) is 11.5. The smallest absolute Gasteiger partial charge is 0.228 e. The molecule has 1 aromatic heterocycles. The first-order valence-corrected chi connectivity index (χ1v) is 6.80. The van der Waals surface area contributed by atoms with E-state index in [1.165, 1.54) is 12.8 Å². The average Bonchev–Trinajstić information content (AvgIpc) is 3.12. The van der Waals surface area contributed by atoms with Crippen LogP contribution in [0.2, 0.25) is 0 Å². The van der Waals surface area contributed by atoms with Crippen LogP contribution in [0.5, 0.6) is 0 Å².